The number of aliphatic imine (C=N–C) groups is 1. The first-order valence-electron chi connectivity index (χ1n) is 12.5. The average molecular weight is 553 g/mol. The van der Waals surface area contributed by atoms with Crippen LogP contribution in [0.5, 0.6) is 0 Å². The molecule has 0 saturated carbocycles. The second kappa shape index (κ2) is 11.3. The molecule has 2 amide bonds. The number of carbonyl (C=O) groups is 3. The number of Topliss-reactive ketones (excluding diaryl/α,β-unsaturated/α-hetero) is 1. The van der Waals surface area contributed by atoms with E-state index in [0.717, 1.165) is 4.90 Å². The molecular formula is C27H37FN2O7S. The minimum atomic E-state index is -1.30. The maximum absolute atomic E-state index is 15.5. The van der Waals surface area contributed by atoms with Crippen molar-refractivity contribution < 1.29 is 37.7 Å². The Bertz CT molecular complexity index is 1080. The van der Waals surface area contributed by atoms with Crippen LogP contribution in [0, 0.1) is 11.7 Å². The van der Waals surface area contributed by atoms with Crippen LogP contribution in [0.15, 0.2) is 23.2 Å². The van der Waals surface area contributed by atoms with E-state index in [1.165, 1.54) is 36.9 Å². The summed E-state index contributed by atoms with van der Waals surface area (Å²) >= 11 is 1.18. The van der Waals surface area contributed by atoms with Gasteiger partial charge in [-0.15, -0.1) is 0 Å². The molecule has 38 heavy (non-hydrogen) atoms. The molecule has 0 aliphatic carbocycles. The van der Waals surface area contributed by atoms with Crippen LogP contribution in [0.1, 0.15) is 70.8 Å². The molecule has 1 fully saturated rings. The van der Waals surface area contributed by atoms with Crippen LogP contribution in [-0.2, 0) is 24.5 Å². The van der Waals surface area contributed by atoms with Gasteiger partial charge in [-0.1, -0.05) is 11.8 Å². The first-order chi connectivity index (χ1) is 17.6. The Morgan fingerprint density at radius 3 is 2.26 bits per heavy atom. The van der Waals surface area contributed by atoms with E-state index in [1.807, 2.05) is 0 Å². The van der Waals surface area contributed by atoms with Gasteiger partial charge in [0.05, 0.1) is 19.3 Å². The molecular weight excluding hydrogens is 515 g/mol. The molecule has 0 radical (unpaired) electrons. The van der Waals surface area contributed by atoms with Crippen molar-refractivity contribution in [3.63, 3.8) is 0 Å². The van der Waals surface area contributed by atoms with Gasteiger partial charge in [0.2, 0.25) is 0 Å². The number of thioether (sulfide) groups is 1. The van der Waals surface area contributed by atoms with E-state index in [1.54, 1.807) is 48.7 Å². The normalized spacial score (nSPS) is 23.7. The number of rotatable bonds is 4. The number of amidine groups is 1. The lowest BCUT2D eigenvalue weighted by Crippen LogP contribution is -2.54. The number of benzene rings is 1. The fourth-order valence-corrected chi connectivity index (χ4v) is 5.61. The first kappa shape index (κ1) is 30.0. The molecule has 9 nitrogen and oxygen atoms in total. The molecule has 3 rings (SSSR count). The maximum atomic E-state index is 15.5. The molecule has 1 aromatic carbocycles. The van der Waals surface area contributed by atoms with Crippen LogP contribution < -0.4 is 0 Å². The number of nitrogens with zero attached hydrogens (tertiary/aromatic N) is 2. The Morgan fingerprint density at radius 2 is 1.74 bits per heavy atom. The molecule has 1 saturated heterocycles. The van der Waals surface area contributed by atoms with E-state index in [0.29, 0.717) is 24.3 Å². The Hall–Kier alpha value is -2.50. The minimum Gasteiger partial charge on any atom is -0.443 e. The van der Waals surface area contributed by atoms with Gasteiger partial charge in [-0.05, 0) is 73.1 Å². The van der Waals surface area contributed by atoms with E-state index >= 15 is 4.39 Å². The van der Waals surface area contributed by atoms with Gasteiger partial charge >= 0.3 is 12.2 Å². The standard InChI is InChI=1S/C27H37FN2O7S/c1-16(31)17-9-10-21(28)20(11-17)27-15-35-19(13-34-8)12-18(27)14-38-22(29-27)30(23(32)36-25(2,3)4)24(33)37-26(5,6)7/h9-11,18-19H,12-15H2,1-8H3/t18?,19-,27+/m1/s1. The molecule has 2 heterocycles. The van der Waals surface area contributed by atoms with Gasteiger partial charge < -0.3 is 18.9 Å². The van der Waals surface area contributed by atoms with E-state index in [9.17, 15) is 14.4 Å². The third-order valence-electron chi connectivity index (χ3n) is 6.01. The average Bonchev–Trinajstić information content (AvgIpc) is 2.77. The quantitative estimate of drug-likeness (QED) is 0.448. The minimum absolute atomic E-state index is 0.00571. The highest BCUT2D eigenvalue weighted by molar-refractivity contribution is 8.13. The monoisotopic (exact) mass is 552 g/mol. The summed E-state index contributed by atoms with van der Waals surface area (Å²) in [5.41, 5.74) is -2.62. The number of hydrogen-bond acceptors (Lipinski definition) is 9. The largest absolute Gasteiger partial charge is 0.443 e. The second-order valence-corrected chi connectivity index (χ2v) is 12.5. The van der Waals surface area contributed by atoms with Crippen LogP contribution in [0.4, 0.5) is 14.0 Å². The third kappa shape index (κ3) is 6.92. The van der Waals surface area contributed by atoms with Crippen LogP contribution in [0.2, 0.25) is 0 Å². The lowest BCUT2D eigenvalue weighted by Gasteiger charge is -2.47. The zero-order valence-electron chi connectivity index (χ0n) is 23.3. The molecule has 2 aliphatic heterocycles. The van der Waals surface area contributed by atoms with Crippen molar-refractivity contribution in [2.75, 3.05) is 26.1 Å². The Labute approximate surface area is 227 Å². The molecule has 3 atom stereocenters. The van der Waals surface area contributed by atoms with Gasteiger partial charge in [0, 0.05) is 29.9 Å². The number of ether oxygens (including phenoxy) is 4. The van der Waals surface area contributed by atoms with Gasteiger partial charge in [0.1, 0.15) is 22.6 Å². The predicted molar refractivity (Wildman–Crippen MR) is 142 cm³/mol. The Kier molecular flexibility index (Phi) is 8.95. The summed E-state index contributed by atoms with van der Waals surface area (Å²) in [7, 11) is 1.58. The molecule has 1 unspecified atom stereocenters. The summed E-state index contributed by atoms with van der Waals surface area (Å²) in [5, 5.41) is 0.00571. The van der Waals surface area contributed by atoms with Crippen molar-refractivity contribution in [2.45, 2.75) is 77.7 Å². The summed E-state index contributed by atoms with van der Waals surface area (Å²) in [6.45, 7) is 11.8. The van der Waals surface area contributed by atoms with Crippen LogP contribution in [0.3, 0.4) is 0 Å². The number of fused-ring (bicyclic) bond motifs is 1. The van der Waals surface area contributed by atoms with Crippen LogP contribution in [-0.4, -0.2) is 71.4 Å². The fourth-order valence-electron chi connectivity index (χ4n) is 4.35. The van der Waals surface area contributed by atoms with Crippen molar-refractivity contribution in [3.8, 4) is 0 Å². The summed E-state index contributed by atoms with van der Waals surface area (Å²) in [5.74, 6) is -0.633. The maximum Gasteiger partial charge on any atom is 0.426 e. The zero-order valence-corrected chi connectivity index (χ0v) is 24.1. The van der Waals surface area contributed by atoms with Crippen molar-refractivity contribution >= 4 is 34.9 Å². The fraction of sp³-hybridized carbons (Fsp3) is 0.630. The Morgan fingerprint density at radius 1 is 1.13 bits per heavy atom. The van der Waals surface area contributed by atoms with E-state index < -0.39 is 34.7 Å². The molecule has 2 aliphatic rings. The number of hydrogen-bond donors (Lipinski definition) is 0. The predicted octanol–water partition coefficient (Wildman–Crippen LogP) is 5.55. The highest BCUT2D eigenvalue weighted by Crippen LogP contribution is 2.48. The van der Waals surface area contributed by atoms with Gasteiger partial charge in [-0.3, -0.25) is 4.79 Å². The van der Waals surface area contributed by atoms with Crippen molar-refractivity contribution in [1.82, 2.24) is 4.90 Å². The lowest BCUT2D eigenvalue weighted by molar-refractivity contribution is -0.0840. The smallest absolute Gasteiger partial charge is 0.426 e. The third-order valence-corrected chi connectivity index (χ3v) is 7.11. The van der Waals surface area contributed by atoms with Crippen molar-refractivity contribution in [2.24, 2.45) is 10.9 Å². The molecule has 0 spiro atoms. The number of methoxy groups -OCH3 is 1. The summed E-state index contributed by atoms with van der Waals surface area (Å²) in [6.07, 6.45) is -1.65. The van der Waals surface area contributed by atoms with Crippen LogP contribution >= 0.6 is 11.8 Å². The number of carbonyl (C=O) groups excluding carboxylic acids is 3. The number of ketones is 1. The van der Waals surface area contributed by atoms with Crippen LogP contribution in [0.25, 0.3) is 0 Å². The van der Waals surface area contributed by atoms with Crippen molar-refractivity contribution in [3.05, 3.63) is 35.1 Å². The molecule has 11 heteroatoms. The summed E-state index contributed by atoms with van der Waals surface area (Å²) in [6, 6.07) is 4.13. The van der Waals surface area contributed by atoms with E-state index in [2.05, 4.69) is 0 Å². The number of amides is 2. The molecule has 0 aromatic heterocycles. The highest BCUT2D eigenvalue weighted by Gasteiger charge is 2.51. The van der Waals surface area contributed by atoms with Gasteiger partial charge in [-0.2, -0.15) is 4.90 Å². The van der Waals surface area contributed by atoms with Crippen molar-refractivity contribution in [1.29, 1.82) is 0 Å². The van der Waals surface area contributed by atoms with Gasteiger partial charge in [0.15, 0.2) is 11.0 Å². The van der Waals surface area contributed by atoms with Gasteiger partial charge in [0.25, 0.3) is 0 Å². The highest BCUT2D eigenvalue weighted by atomic mass is 32.2. The number of halogens is 1. The SMILES string of the molecule is COC[C@H]1CC2CSC(N(C(=O)OC(C)(C)C)C(=O)OC(C)(C)C)=N[C@@]2(c2cc(C(C)=O)ccc2F)CO1. The Balaban J connectivity index is 2.18. The summed E-state index contributed by atoms with van der Waals surface area (Å²) < 4.78 is 37.8. The van der Waals surface area contributed by atoms with Gasteiger partial charge in [-0.25, -0.2) is 19.0 Å². The second-order valence-electron chi connectivity index (χ2n) is 11.5. The molecule has 1 aromatic rings. The molecule has 210 valence electrons. The van der Waals surface area contributed by atoms with E-state index in [-0.39, 0.29) is 35.1 Å². The number of imide groups is 1. The molecule has 0 N–H and O–H groups in total. The first-order valence-corrected chi connectivity index (χ1v) is 13.4. The topological polar surface area (TPSA) is 104 Å². The summed E-state index contributed by atoms with van der Waals surface area (Å²) in [4.78, 5) is 44.3. The lowest BCUT2D eigenvalue weighted by atomic mass is 9.74. The van der Waals surface area contributed by atoms with E-state index in [4.69, 9.17) is 23.9 Å². The molecule has 0 bridgehead atoms. The zero-order chi connectivity index (χ0) is 28.5.